The van der Waals surface area contributed by atoms with Crippen molar-refractivity contribution in [2.45, 2.75) is 6.92 Å². The van der Waals surface area contributed by atoms with Gasteiger partial charge in [0.2, 0.25) is 0 Å². The quantitative estimate of drug-likeness (QED) is 0.735. The second kappa shape index (κ2) is 5.06. The third-order valence-corrected chi connectivity index (χ3v) is 4.36. The molecule has 3 rings (SSSR count). The highest BCUT2D eigenvalue weighted by atomic mass is 32.1. The minimum absolute atomic E-state index is 0.689. The first-order valence-corrected chi connectivity index (χ1v) is 7.17. The maximum absolute atomic E-state index is 10.8. The summed E-state index contributed by atoms with van der Waals surface area (Å²) in [5, 5.41) is 4.14. The molecule has 4 heteroatoms. The molecule has 0 saturated carbocycles. The number of aryl methyl sites for hydroxylation is 1. The lowest BCUT2D eigenvalue weighted by molar-refractivity contribution is 0.112. The molecule has 0 spiro atoms. The summed E-state index contributed by atoms with van der Waals surface area (Å²) in [6.45, 7) is 2.08. The number of rotatable bonds is 3. The molecule has 20 heavy (non-hydrogen) atoms. The molecule has 0 aliphatic heterocycles. The van der Waals surface area contributed by atoms with E-state index in [-0.39, 0.29) is 0 Å². The third kappa shape index (κ3) is 2.18. The van der Waals surface area contributed by atoms with E-state index in [4.69, 9.17) is 0 Å². The summed E-state index contributed by atoms with van der Waals surface area (Å²) in [6, 6.07) is 11.8. The molecule has 0 atom stereocenters. The van der Waals surface area contributed by atoms with Crippen molar-refractivity contribution in [2.24, 2.45) is 0 Å². The molecule has 0 saturated heterocycles. The molecule has 0 amide bonds. The summed E-state index contributed by atoms with van der Waals surface area (Å²) >= 11 is 1.61. The van der Waals surface area contributed by atoms with Crippen LogP contribution in [0.25, 0.3) is 20.8 Å². The highest BCUT2D eigenvalue weighted by molar-refractivity contribution is 7.21. The van der Waals surface area contributed by atoms with E-state index in [2.05, 4.69) is 35.4 Å². The van der Waals surface area contributed by atoms with Gasteiger partial charge in [0.05, 0.1) is 10.2 Å². The zero-order valence-electron chi connectivity index (χ0n) is 11.3. The molecule has 2 aromatic carbocycles. The zero-order valence-corrected chi connectivity index (χ0v) is 12.1. The lowest BCUT2D eigenvalue weighted by Crippen LogP contribution is -1.91. The lowest BCUT2D eigenvalue weighted by Gasteiger charge is -2.05. The van der Waals surface area contributed by atoms with E-state index in [0.717, 1.165) is 32.8 Å². The number of hydrogen-bond acceptors (Lipinski definition) is 4. The highest BCUT2D eigenvalue weighted by Crippen LogP contribution is 2.32. The fourth-order valence-electron chi connectivity index (χ4n) is 2.22. The van der Waals surface area contributed by atoms with Crippen LogP contribution in [0.3, 0.4) is 0 Å². The van der Waals surface area contributed by atoms with Crippen molar-refractivity contribution in [3.63, 3.8) is 0 Å². The number of aromatic nitrogens is 1. The van der Waals surface area contributed by atoms with Crippen molar-refractivity contribution in [2.75, 3.05) is 12.4 Å². The monoisotopic (exact) mass is 282 g/mol. The van der Waals surface area contributed by atoms with Crippen LogP contribution in [0.15, 0.2) is 36.4 Å². The van der Waals surface area contributed by atoms with Crippen LogP contribution in [-0.2, 0) is 0 Å². The van der Waals surface area contributed by atoms with Crippen molar-refractivity contribution in [3.05, 3.63) is 47.5 Å². The Morgan fingerprint density at radius 1 is 1.20 bits per heavy atom. The Kier molecular flexibility index (Phi) is 3.24. The Hall–Kier alpha value is -2.20. The summed E-state index contributed by atoms with van der Waals surface area (Å²) in [7, 11) is 1.92. The third-order valence-electron chi connectivity index (χ3n) is 3.29. The summed E-state index contributed by atoms with van der Waals surface area (Å²) in [4.78, 5) is 15.5. The number of benzene rings is 2. The van der Waals surface area contributed by atoms with Gasteiger partial charge in [0.25, 0.3) is 0 Å². The number of fused-ring (bicyclic) bond motifs is 1. The van der Waals surface area contributed by atoms with Crippen molar-refractivity contribution in [1.82, 2.24) is 4.98 Å². The van der Waals surface area contributed by atoms with Gasteiger partial charge in [0.1, 0.15) is 11.3 Å². The predicted octanol–water partition coefficient (Wildman–Crippen LogP) is 4.13. The number of carbonyl (C=O) groups is 1. The van der Waals surface area contributed by atoms with Crippen LogP contribution in [0.2, 0.25) is 0 Å². The molecular weight excluding hydrogens is 268 g/mol. The normalized spacial score (nSPS) is 10.7. The van der Waals surface area contributed by atoms with E-state index < -0.39 is 0 Å². The Bertz CT molecular complexity index is 792. The van der Waals surface area contributed by atoms with Gasteiger partial charge >= 0.3 is 0 Å². The molecule has 100 valence electrons. The first-order valence-electron chi connectivity index (χ1n) is 6.36. The lowest BCUT2D eigenvalue weighted by atomic mass is 10.1. The largest absolute Gasteiger partial charge is 0.388 e. The number of nitrogens with one attached hydrogen (secondary N) is 1. The van der Waals surface area contributed by atoms with Crippen molar-refractivity contribution >= 4 is 33.5 Å². The van der Waals surface area contributed by atoms with Gasteiger partial charge in [-0.15, -0.1) is 11.3 Å². The van der Waals surface area contributed by atoms with Crippen LogP contribution in [0.4, 0.5) is 5.69 Å². The summed E-state index contributed by atoms with van der Waals surface area (Å²) in [5.41, 5.74) is 5.05. The van der Waals surface area contributed by atoms with Crippen LogP contribution in [0, 0.1) is 6.92 Å². The van der Waals surface area contributed by atoms with Gasteiger partial charge < -0.3 is 5.32 Å². The van der Waals surface area contributed by atoms with Crippen molar-refractivity contribution in [3.8, 4) is 10.6 Å². The molecule has 3 nitrogen and oxygen atoms in total. The summed E-state index contributed by atoms with van der Waals surface area (Å²) in [5.74, 6) is 0. The summed E-state index contributed by atoms with van der Waals surface area (Å²) in [6.07, 6.45) is 0.866. The van der Waals surface area contributed by atoms with Crippen molar-refractivity contribution in [1.29, 1.82) is 0 Å². The van der Waals surface area contributed by atoms with Gasteiger partial charge in [-0.3, -0.25) is 4.79 Å². The predicted molar refractivity (Wildman–Crippen MR) is 84.7 cm³/mol. The average Bonchev–Trinajstić information content (AvgIpc) is 2.89. The fourth-order valence-corrected chi connectivity index (χ4v) is 3.23. The smallest absolute Gasteiger partial charge is 0.150 e. The zero-order chi connectivity index (χ0) is 14.1. The molecule has 0 aliphatic carbocycles. The first-order chi connectivity index (χ1) is 9.71. The number of carbonyl (C=O) groups excluding carboxylic acids is 1. The van der Waals surface area contributed by atoms with Crippen LogP contribution < -0.4 is 5.32 Å². The average molecular weight is 282 g/mol. The van der Waals surface area contributed by atoms with E-state index >= 15 is 0 Å². The minimum Gasteiger partial charge on any atom is -0.388 e. The molecule has 0 fully saturated rings. The topological polar surface area (TPSA) is 42.0 Å². The number of thiazole rings is 1. The number of anilines is 1. The van der Waals surface area contributed by atoms with E-state index in [1.807, 2.05) is 19.2 Å². The Morgan fingerprint density at radius 3 is 2.75 bits per heavy atom. The Morgan fingerprint density at radius 2 is 2.05 bits per heavy atom. The maximum atomic E-state index is 10.8. The maximum Gasteiger partial charge on any atom is 0.150 e. The van der Waals surface area contributed by atoms with Crippen LogP contribution in [0.1, 0.15) is 15.9 Å². The number of hydrogen-bond donors (Lipinski definition) is 1. The van der Waals surface area contributed by atoms with Gasteiger partial charge in [-0.2, -0.15) is 0 Å². The molecule has 0 aliphatic rings. The van der Waals surface area contributed by atoms with Crippen LogP contribution in [-0.4, -0.2) is 18.3 Å². The molecule has 1 N–H and O–H groups in total. The number of aldehydes is 1. The Labute approximate surface area is 121 Å². The molecule has 0 bridgehead atoms. The van der Waals surface area contributed by atoms with E-state index in [1.165, 1.54) is 5.56 Å². The second-order valence-corrected chi connectivity index (χ2v) is 5.67. The summed E-state index contributed by atoms with van der Waals surface area (Å²) < 4.78 is 1.04. The molecule has 0 unspecified atom stereocenters. The second-order valence-electron chi connectivity index (χ2n) is 4.64. The van der Waals surface area contributed by atoms with Gasteiger partial charge in [-0.25, -0.2) is 4.98 Å². The van der Waals surface area contributed by atoms with Gasteiger partial charge in [0.15, 0.2) is 0 Å². The molecular formula is C16H14N2OS. The van der Waals surface area contributed by atoms with Gasteiger partial charge in [-0.1, -0.05) is 0 Å². The molecule has 3 aromatic rings. The van der Waals surface area contributed by atoms with Crippen LogP contribution >= 0.6 is 11.3 Å². The van der Waals surface area contributed by atoms with Crippen molar-refractivity contribution < 1.29 is 4.79 Å². The fraction of sp³-hybridized carbons (Fsp3) is 0.125. The Balaban J connectivity index is 2.09. The van der Waals surface area contributed by atoms with Gasteiger partial charge in [-0.05, 0) is 48.9 Å². The molecule has 0 radical (unpaired) electrons. The van der Waals surface area contributed by atoms with Gasteiger partial charge in [0, 0.05) is 23.9 Å². The minimum atomic E-state index is 0.689. The first kappa shape index (κ1) is 12.8. The standard InChI is InChI=1S/C16H14N2OS/c1-10-7-12(4-6-13(10)17-2)16-18-14-5-3-11(9-19)8-15(14)20-16/h3-9,17H,1-2H3. The SMILES string of the molecule is CNc1ccc(-c2nc3ccc(C=O)cc3s2)cc1C. The van der Waals surface area contributed by atoms with E-state index in [0.29, 0.717) is 5.56 Å². The number of nitrogens with zero attached hydrogens (tertiary/aromatic N) is 1. The highest BCUT2D eigenvalue weighted by Gasteiger charge is 2.08. The van der Waals surface area contributed by atoms with E-state index in [1.54, 1.807) is 17.4 Å². The van der Waals surface area contributed by atoms with E-state index in [9.17, 15) is 4.79 Å². The molecule has 1 heterocycles. The molecule has 1 aromatic heterocycles. The van der Waals surface area contributed by atoms with Crippen LogP contribution in [0.5, 0.6) is 0 Å².